The Bertz CT molecular complexity index is 1740. The van der Waals surface area contributed by atoms with Gasteiger partial charge in [0.1, 0.15) is 19.3 Å². The topological polar surface area (TPSA) is 237 Å². The molecule has 534 valence electrons. The summed E-state index contributed by atoms with van der Waals surface area (Å²) in [7, 11) is -9.90. The Kier molecular flexibility index (Phi) is 63.0. The highest BCUT2D eigenvalue weighted by Gasteiger charge is 2.30. The first-order valence-corrected chi connectivity index (χ1v) is 40.2. The number of aliphatic hydroxyl groups is 1. The molecule has 0 aliphatic rings. The number of carbonyl (C=O) groups is 4. The lowest BCUT2D eigenvalue weighted by molar-refractivity contribution is -0.161. The molecule has 0 aliphatic carbocycles. The van der Waals surface area contributed by atoms with Crippen LogP contribution in [0.4, 0.5) is 0 Å². The van der Waals surface area contributed by atoms with Gasteiger partial charge in [-0.2, -0.15) is 0 Å². The van der Waals surface area contributed by atoms with Gasteiger partial charge in [-0.1, -0.05) is 317 Å². The summed E-state index contributed by atoms with van der Waals surface area (Å²) in [4.78, 5) is 72.5. The predicted molar refractivity (Wildman–Crippen MR) is 363 cm³/mol. The average molecular weight is 1330 g/mol. The number of phosphoric acid groups is 2. The maximum absolute atomic E-state index is 13.0. The lowest BCUT2D eigenvalue weighted by atomic mass is 10.00. The van der Waals surface area contributed by atoms with E-state index in [1.807, 2.05) is 0 Å². The molecule has 19 heteroatoms. The van der Waals surface area contributed by atoms with E-state index in [2.05, 4.69) is 34.6 Å². The van der Waals surface area contributed by atoms with Gasteiger partial charge in [0.05, 0.1) is 26.4 Å². The molecule has 0 aromatic carbocycles. The maximum Gasteiger partial charge on any atom is 0.472 e. The minimum Gasteiger partial charge on any atom is -0.462 e. The SMILES string of the molecule is CCCCCCCCCCCCCCCCCCC(=O)O[C@H](COC(=O)CCCCCCCCCCCCCCCC)COP(=O)(O)OC[C@@H](O)COP(=O)(O)OC[C@@H](COC(=O)CCCCCCCCCCCC)OC(=O)CCCCCCCCC(C)CC. The largest absolute Gasteiger partial charge is 0.472 e. The molecule has 0 spiro atoms. The summed E-state index contributed by atoms with van der Waals surface area (Å²) in [5.74, 6) is -1.40. The predicted octanol–water partition coefficient (Wildman–Crippen LogP) is 20.5. The normalized spacial score (nSPS) is 14.4. The summed E-state index contributed by atoms with van der Waals surface area (Å²) in [6, 6.07) is 0. The van der Waals surface area contributed by atoms with Crippen molar-refractivity contribution < 1.29 is 80.2 Å². The number of unbranched alkanes of at least 4 members (excludes halogenated alkanes) is 42. The van der Waals surface area contributed by atoms with Crippen molar-refractivity contribution in [2.45, 2.75) is 387 Å². The van der Waals surface area contributed by atoms with Crippen molar-refractivity contribution >= 4 is 39.5 Å². The van der Waals surface area contributed by atoms with E-state index in [1.54, 1.807) is 0 Å². The second-order valence-corrected chi connectivity index (χ2v) is 28.8. The highest BCUT2D eigenvalue weighted by atomic mass is 31.2. The first-order valence-electron chi connectivity index (χ1n) is 37.2. The fourth-order valence-corrected chi connectivity index (χ4v) is 12.4. The van der Waals surface area contributed by atoms with Crippen molar-refractivity contribution in [2.75, 3.05) is 39.6 Å². The second kappa shape index (κ2) is 64.4. The van der Waals surface area contributed by atoms with E-state index in [0.29, 0.717) is 25.7 Å². The van der Waals surface area contributed by atoms with Crippen LogP contribution in [0.5, 0.6) is 0 Å². The Morgan fingerprint density at radius 2 is 0.533 bits per heavy atom. The van der Waals surface area contributed by atoms with Crippen LogP contribution in [0.25, 0.3) is 0 Å². The molecule has 0 heterocycles. The summed E-state index contributed by atoms with van der Waals surface area (Å²) < 4.78 is 68.3. The van der Waals surface area contributed by atoms with Gasteiger partial charge in [-0.05, 0) is 31.6 Å². The van der Waals surface area contributed by atoms with Gasteiger partial charge in [-0.15, -0.1) is 0 Å². The summed E-state index contributed by atoms with van der Waals surface area (Å²) in [6.07, 6.45) is 51.3. The van der Waals surface area contributed by atoms with E-state index in [4.69, 9.17) is 37.0 Å². The van der Waals surface area contributed by atoms with Gasteiger partial charge in [-0.25, -0.2) is 9.13 Å². The molecule has 0 aromatic heterocycles. The first-order chi connectivity index (χ1) is 43.6. The van der Waals surface area contributed by atoms with Gasteiger partial charge in [-0.3, -0.25) is 37.3 Å². The molecule has 3 unspecified atom stereocenters. The highest BCUT2D eigenvalue weighted by Crippen LogP contribution is 2.45. The first kappa shape index (κ1) is 88.1. The van der Waals surface area contributed by atoms with Crippen LogP contribution in [0, 0.1) is 5.92 Å². The molecule has 0 amide bonds. The van der Waals surface area contributed by atoms with E-state index in [9.17, 15) is 43.2 Å². The minimum absolute atomic E-state index is 0.103. The second-order valence-electron chi connectivity index (χ2n) is 25.9. The Morgan fingerprint density at radius 1 is 0.311 bits per heavy atom. The molecular formula is C71H138O17P2. The van der Waals surface area contributed by atoms with E-state index in [-0.39, 0.29) is 25.7 Å². The van der Waals surface area contributed by atoms with E-state index in [1.165, 1.54) is 193 Å². The summed E-state index contributed by atoms with van der Waals surface area (Å²) >= 11 is 0. The Labute approximate surface area is 549 Å². The van der Waals surface area contributed by atoms with Gasteiger partial charge in [0.15, 0.2) is 12.2 Å². The van der Waals surface area contributed by atoms with Crippen LogP contribution in [0.15, 0.2) is 0 Å². The summed E-state index contributed by atoms with van der Waals surface area (Å²) in [6.45, 7) is 7.20. The van der Waals surface area contributed by atoms with Crippen molar-refractivity contribution in [3.8, 4) is 0 Å². The Morgan fingerprint density at radius 3 is 0.789 bits per heavy atom. The summed E-state index contributed by atoms with van der Waals surface area (Å²) in [5.41, 5.74) is 0. The van der Waals surface area contributed by atoms with Gasteiger partial charge in [0, 0.05) is 25.7 Å². The number of aliphatic hydroxyl groups excluding tert-OH is 1. The van der Waals surface area contributed by atoms with Crippen LogP contribution in [0.3, 0.4) is 0 Å². The zero-order chi connectivity index (χ0) is 66.3. The Hall–Kier alpha value is -1.94. The van der Waals surface area contributed by atoms with Crippen LogP contribution < -0.4 is 0 Å². The van der Waals surface area contributed by atoms with E-state index in [0.717, 1.165) is 95.8 Å². The molecule has 0 aliphatic heterocycles. The minimum atomic E-state index is -4.95. The highest BCUT2D eigenvalue weighted by molar-refractivity contribution is 7.47. The quantitative estimate of drug-likeness (QED) is 0.0222. The fourth-order valence-electron chi connectivity index (χ4n) is 10.8. The molecule has 6 atom stereocenters. The van der Waals surface area contributed by atoms with E-state index >= 15 is 0 Å². The van der Waals surface area contributed by atoms with Crippen LogP contribution >= 0.6 is 15.6 Å². The lowest BCUT2D eigenvalue weighted by Crippen LogP contribution is -2.30. The van der Waals surface area contributed by atoms with Gasteiger partial charge in [0.25, 0.3) is 0 Å². The Balaban J connectivity index is 5.23. The molecule has 90 heavy (non-hydrogen) atoms. The third-order valence-corrected chi connectivity index (χ3v) is 18.8. The lowest BCUT2D eigenvalue weighted by Gasteiger charge is -2.21. The molecule has 17 nitrogen and oxygen atoms in total. The number of hydrogen-bond donors (Lipinski definition) is 3. The standard InChI is InChI=1S/C71H138O17P2/c1-6-10-13-16-19-22-25-27-29-30-32-34-37-40-46-51-56-70(75)87-66(60-81-69(74)55-50-45-39-36-33-31-28-26-23-20-17-14-11-7-2)62-85-89(77,78)83-58-65(72)59-84-90(79,80)86-63-67(88-71(76)57-52-47-42-41-43-48-53-64(5)9-4)61-82-68(73)54-49-44-38-35-24-21-18-15-12-8-3/h64-67,72H,6-63H2,1-5H3,(H,77,78)(H,79,80)/t64?,65-,66-,67-/m1/s1. The van der Waals surface area contributed by atoms with Crippen LogP contribution in [-0.2, 0) is 65.4 Å². The number of carbonyl (C=O) groups excluding carboxylic acids is 4. The van der Waals surface area contributed by atoms with Crippen molar-refractivity contribution in [3.05, 3.63) is 0 Å². The molecule has 3 N–H and O–H groups in total. The molecule has 0 bridgehead atoms. The zero-order valence-corrected chi connectivity index (χ0v) is 60.1. The molecule has 0 rings (SSSR count). The fraction of sp³-hybridized carbons (Fsp3) is 0.944. The number of rotatable bonds is 71. The number of esters is 4. The van der Waals surface area contributed by atoms with Crippen molar-refractivity contribution in [1.82, 2.24) is 0 Å². The number of ether oxygens (including phenoxy) is 4. The molecule has 0 radical (unpaired) electrons. The van der Waals surface area contributed by atoms with E-state index < -0.39 is 97.5 Å². The molecule has 0 saturated carbocycles. The van der Waals surface area contributed by atoms with Crippen molar-refractivity contribution in [2.24, 2.45) is 5.92 Å². The molecule has 0 fully saturated rings. The van der Waals surface area contributed by atoms with Gasteiger partial charge in [0.2, 0.25) is 0 Å². The third kappa shape index (κ3) is 63.5. The van der Waals surface area contributed by atoms with Crippen molar-refractivity contribution in [3.63, 3.8) is 0 Å². The van der Waals surface area contributed by atoms with Crippen LogP contribution in [-0.4, -0.2) is 96.7 Å². The maximum atomic E-state index is 13.0. The monoisotopic (exact) mass is 1320 g/mol. The zero-order valence-electron chi connectivity index (χ0n) is 58.3. The smallest absolute Gasteiger partial charge is 0.462 e. The summed E-state index contributed by atoms with van der Waals surface area (Å²) in [5, 5.41) is 10.6. The van der Waals surface area contributed by atoms with Gasteiger partial charge >= 0.3 is 39.5 Å². The number of hydrogen-bond acceptors (Lipinski definition) is 15. The molecule has 0 saturated heterocycles. The molecular weight excluding hydrogens is 1190 g/mol. The van der Waals surface area contributed by atoms with Crippen molar-refractivity contribution in [1.29, 1.82) is 0 Å². The number of phosphoric ester groups is 2. The molecule has 0 aromatic rings. The third-order valence-electron chi connectivity index (χ3n) is 16.9. The van der Waals surface area contributed by atoms with Crippen LogP contribution in [0.1, 0.15) is 369 Å². The van der Waals surface area contributed by atoms with Gasteiger partial charge < -0.3 is 33.8 Å². The average Bonchev–Trinajstić information content (AvgIpc) is 2.30. The van der Waals surface area contributed by atoms with Crippen LogP contribution in [0.2, 0.25) is 0 Å².